The average molecular weight is 246 g/mol. The monoisotopic (exact) mass is 245 g/mol. The molecule has 2 nitrogen and oxygen atoms in total. The number of hydrogen-bond donors (Lipinski definition) is 0. The molecule has 1 aromatic heterocycles. The van der Waals surface area contributed by atoms with Crippen molar-refractivity contribution in [3.8, 4) is 17.7 Å². The van der Waals surface area contributed by atoms with E-state index in [0.717, 1.165) is 16.5 Å². The van der Waals surface area contributed by atoms with Gasteiger partial charge < -0.3 is 4.74 Å². The van der Waals surface area contributed by atoms with Crippen molar-refractivity contribution in [2.75, 3.05) is 13.0 Å². The fourth-order valence-corrected chi connectivity index (χ4v) is 1.60. The van der Waals surface area contributed by atoms with Crippen molar-refractivity contribution < 1.29 is 4.74 Å². The molecule has 86 valence electrons. The summed E-state index contributed by atoms with van der Waals surface area (Å²) in [6, 6.07) is 9.74. The zero-order valence-electron chi connectivity index (χ0n) is 9.53. The van der Waals surface area contributed by atoms with E-state index in [9.17, 15) is 0 Å². The van der Waals surface area contributed by atoms with E-state index in [2.05, 4.69) is 16.8 Å². The lowest BCUT2D eigenvalue weighted by molar-refractivity contribution is 0.399. The summed E-state index contributed by atoms with van der Waals surface area (Å²) >= 11 is 5.57. The molecule has 0 saturated carbocycles. The lowest BCUT2D eigenvalue weighted by Gasteiger charge is -2.01. The van der Waals surface area contributed by atoms with Crippen LogP contribution < -0.4 is 4.74 Å². The number of methoxy groups -OCH3 is 1. The number of benzene rings is 1. The first-order valence-electron chi connectivity index (χ1n) is 5.33. The zero-order chi connectivity index (χ0) is 12.1. The molecule has 0 N–H and O–H groups in total. The maximum atomic E-state index is 5.57. The molecule has 1 aromatic carbocycles. The standard InChI is InChI=1S/C14H12ClNO/c1-17-14-8-6-12-10-11(4-2-3-9-15)5-7-13(12)16-14/h5-8,10H,3,9H2,1H3. The summed E-state index contributed by atoms with van der Waals surface area (Å²) in [5, 5.41) is 1.06. The van der Waals surface area contributed by atoms with Crippen LogP contribution in [0.2, 0.25) is 0 Å². The minimum absolute atomic E-state index is 0.569. The summed E-state index contributed by atoms with van der Waals surface area (Å²) in [4.78, 5) is 4.34. The van der Waals surface area contributed by atoms with Crippen LogP contribution in [0.1, 0.15) is 12.0 Å². The van der Waals surface area contributed by atoms with Crippen LogP contribution in [-0.2, 0) is 0 Å². The minimum atomic E-state index is 0.569. The van der Waals surface area contributed by atoms with E-state index >= 15 is 0 Å². The Balaban J connectivity index is 2.36. The van der Waals surface area contributed by atoms with Crippen molar-refractivity contribution in [2.24, 2.45) is 0 Å². The van der Waals surface area contributed by atoms with Gasteiger partial charge in [-0.2, -0.15) is 0 Å². The third-order valence-electron chi connectivity index (χ3n) is 2.32. The summed E-state index contributed by atoms with van der Waals surface area (Å²) < 4.78 is 5.08. The van der Waals surface area contributed by atoms with E-state index in [1.54, 1.807) is 7.11 Å². The van der Waals surface area contributed by atoms with Gasteiger partial charge in [-0.05, 0) is 24.3 Å². The summed E-state index contributed by atoms with van der Waals surface area (Å²) in [5.41, 5.74) is 1.89. The summed E-state index contributed by atoms with van der Waals surface area (Å²) in [5.74, 6) is 7.28. The van der Waals surface area contributed by atoms with Crippen LogP contribution in [0, 0.1) is 11.8 Å². The van der Waals surface area contributed by atoms with Crippen LogP contribution in [0.25, 0.3) is 10.9 Å². The van der Waals surface area contributed by atoms with Gasteiger partial charge in [0, 0.05) is 29.3 Å². The Morgan fingerprint density at radius 1 is 1.29 bits per heavy atom. The number of fused-ring (bicyclic) bond motifs is 1. The van der Waals surface area contributed by atoms with Gasteiger partial charge in [0.25, 0.3) is 0 Å². The number of aromatic nitrogens is 1. The molecule has 0 amide bonds. The highest BCUT2D eigenvalue weighted by atomic mass is 35.5. The van der Waals surface area contributed by atoms with Gasteiger partial charge in [-0.25, -0.2) is 4.98 Å². The number of rotatable bonds is 2. The van der Waals surface area contributed by atoms with Crippen LogP contribution in [-0.4, -0.2) is 18.0 Å². The van der Waals surface area contributed by atoms with Gasteiger partial charge >= 0.3 is 0 Å². The molecule has 0 radical (unpaired) electrons. The molecule has 0 spiro atoms. The fourth-order valence-electron chi connectivity index (χ4n) is 1.51. The Hall–Kier alpha value is -1.72. The van der Waals surface area contributed by atoms with Gasteiger partial charge in [-0.1, -0.05) is 11.8 Å². The second kappa shape index (κ2) is 5.56. The molecular formula is C14H12ClNO. The van der Waals surface area contributed by atoms with Gasteiger partial charge in [-0.3, -0.25) is 0 Å². The molecule has 2 rings (SSSR count). The van der Waals surface area contributed by atoms with Crippen molar-refractivity contribution >= 4 is 22.5 Å². The lowest BCUT2D eigenvalue weighted by Crippen LogP contribution is -1.88. The van der Waals surface area contributed by atoms with Crippen LogP contribution in [0.5, 0.6) is 5.88 Å². The van der Waals surface area contributed by atoms with E-state index in [1.165, 1.54) is 0 Å². The molecule has 3 heteroatoms. The predicted octanol–water partition coefficient (Wildman–Crippen LogP) is 3.22. The maximum Gasteiger partial charge on any atom is 0.213 e. The molecule has 0 fully saturated rings. The Morgan fingerprint density at radius 2 is 2.18 bits per heavy atom. The summed E-state index contributed by atoms with van der Waals surface area (Å²) in [7, 11) is 1.61. The van der Waals surface area contributed by atoms with Crippen molar-refractivity contribution in [3.05, 3.63) is 35.9 Å². The second-order valence-corrected chi connectivity index (χ2v) is 3.88. The first kappa shape index (κ1) is 11.8. The zero-order valence-corrected chi connectivity index (χ0v) is 10.3. The van der Waals surface area contributed by atoms with E-state index < -0.39 is 0 Å². The molecule has 0 aliphatic heterocycles. The third kappa shape index (κ3) is 2.89. The summed E-state index contributed by atoms with van der Waals surface area (Å²) in [6.45, 7) is 0. The van der Waals surface area contributed by atoms with Crippen LogP contribution in [0.15, 0.2) is 30.3 Å². The van der Waals surface area contributed by atoms with Gasteiger partial charge in [0.05, 0.1) is 12.6 Å². The van der Waals surface area contributed by atoms with E-state index in [4.69, 9.17) is 16.3 Å². The SMILES string of the molecule is COc1ccc2cc(C#CCCCl)ccc2n1. The molecule has 2 aromatic rings. The van der Waals surface area contributed by atoms with E-state index in [0.29, 0.717) is 18.2 Å². The Labute approximate surface area is 106 Å². The average Bonchev–Trinajstić information content (AvgIpc) is 2.38. The Morgan fingerprint density at radius 3 is 2.94 bits per heavy atom. The number of halogens is 1. The number of pyridine rings is 1. The molecule has 1 heterocycles. The smallest absolute Gasteiger partial charge is 0.213 e. The molecule has 17 heavy (non-hydrogen) atoms. The predicted molar refractivity (Wildman–Crippen MR) is 70.5 cm³/mol. The fraction of sp³-hybridized carbons (Fsp3) is 0.214. The van der Waals surface area contributed by atoms with Gasteiger partial charge in [0.2, 0.25) is 5.88 Å². The third-order valence-corrected chi connectivity index (χ3v) is 2.51. The molecular weight excluding hydrogens is 234 g/mol. The molecule has 0 unspecified atom stereocenters. The number of hydrogen-bond acceptors (Lipinski definition) is 2. The van der Waals surface area contributed by atoms with E-state index in [1.807, 2.05) is 30.3 Å². The van der Waals surface area contributed by atoms with Crippen LogP contribution in [0.3, 0.4) is 0 Å². The van der Waals surface area contributed by atoms with Gasteiger partial charge in [0.15, 0.2) is 0 Å². The minimum Gasteiger partial charge on any atom is -0.481 e. The second-order valence-electron chi connectivity index (χ2n) is 3.50. The Bertz CT molecular complexity index is 584. The Kier molecular flexibility index (Phi) is 3.85. The molecule has 0 aliphatic carbocycles. The normalized spacial score (nSPS) is 9.76. The first-order valence-corrected chi connectivity index (χ1v) is 5.86. The van der Waals surface area contributed by atoms with Gasteiger partial charge in [0.1, 0.15) is 0 Å². The summed E-state index contributed by atoms with van der Waals surface area (Å²) in [6.07, 6.45) is 0.709. The van der Waals surface area contributed by atoms with Crippen LogP contribution in [0.4, 0.5) is 0 Å². The molecule has 0 atom stereocenters. The highest BCUT2D eigenvalue weighted by molar-refractivity contribution is 6.18. The van der Waals surface area contributed by atoms with Crippen LogP contribution >= 0.6 is 11.6 Å². The van der Waals surface area contributed by atoms with Crippen molar-refractivity contribution in [1.82, 2.24) is 4.98 Å². The lowest BCUT2D eigenvalue weighted by atomic mass is 10.1. The molecule has 0 bridgehead atoms. The molecule has 0 aliphatic rings. The number of alkyl halides is 1. The topological polar surface area (TPSA) is 22.1 Å². The van der Waals surface area contributed by atoms with Crippen molar-refractivity contribution in [3.63, 3.8) is 0 Å². The highest BCUT2D eigenvalue weighted by Gasteiger charge is 1.98. The first-order chi connectivity index (χ1) is 8.33. The maximum absolute atomic E-state index is 5.57. The molecule has 0 saturated heterocycles. The number of ether oxygens (including phenoxy) is 1. The number of nitrogens with zero attached hydrogens (tertiary/aromatic N) is 1. The van der Waals surface area contributed by atoms with Crippen molar-refractivity contribution in [1.29, 1.82) is 0 Å². The van der Waals surface area contributed by atoms with Crippen molar-refractivity contribution in [2.45, 2.75) is 6.42 Å². The quantitative estimate of drug-likeness (QED) is 0.599. The van der Waals surface area contributed by atoms with E-state index in [-0.39, 0.29) is 0 Å². The largest absolute Gasteiger partial charge is 0.481 e. The van der Waals surface area contributed by atoms with Gasteiger partial charge in [-0.15, -0.1) is 11.6 Å². The highest BCUT2D eigenvalue weighted by Crippen LogP contribution is 2.17.